The molecule has 0 spiro atoms. The van der Waals surface area contributed by atoms with Crippen LogP contribution in [0.5, 0.6) is 23.0 Å². The standard InChI is InChI=1S/C34H30N2O5S/c1-3-38-30-18-24(14-16-28(30)39-21-25-15-17-29-31(19-25)41-22-40-29)20-32-33(37)36(23(2)26-10-6-4-7-11-26)34(42-32)35-27-12-8-5-9-13-27/h4-20,23H,3,21-22H2,1-2H3/b32-20+,35-34?/t23-/m1/s1. The molecule has 1 atom stereocenters. The van der Waals surface area contributed by atoms with Gasteiger partial charge in [-0.2, -0.15) is 0 Å². The van der Waals surface area contributed by atoms with Gasteiger partial charge >= 0.3 is 0 Å². The molecule has 0 aromatic heterocycles. The van der Waals surface area contributed by atoms with Crippen molar-refractivity contribution in [3.63, 3.8) is 0 Å². The van der Waals surface area contributed by atoms with Gasteiger partial charge in [0.2, 0.25) is 6.79 Å². The van der Waals surface area contributed by atoms with Crippen LogP contribution in [-0.2, 0) is 11.4 Å². The van der Waals surface area contributed by atoms with Crippen LogP contribution in [0.3, 0.4) is 0 Å². The van der Waals surface area contributed by atoms with Crippen LogP contribution in [0.4, 0.5) is 5.69 Å². The molecule has 0 aliphatic carbocycles. The van der Waals surface area contributed by atoms with E-state index in [4.69, 9.17) is 23.9 Å². The number of thioether (sulfide) groups is 1. The number of hydrogen-bond acceptors (Lipinski definition) is 7. The summed E-state index contributed by atoms with van der Waals surface area (Å²) in [6.45, 7) is 5.00. The molecule has 8 heteroatoms. The number of nitrogens with zero attached hydrogens (tertiary/aromatic N) is 2. The molecule has 2 aliphatic rings. The zero-order chi connectivity index (χ0) is 28.9. The zero-order valence-electron chi connectivity index (χ0n) is 23.4. The molecule has 212 valence electrons. The first kappa shape index (κ1) is 27.5. The van der Waals surface area contributed by atoms with Gasteiger partial charge in [-0.05, 0) is 84.8 Å². The molecule has 42 heavy (non-hydrogen) atoms. The van der Waals surface area contributed by atoms with E-state index in [1.54, 1.807) is 4.90 Å². The third-order valence-electron chi connectivity index (χ3n) is 6.88. The number of rotatable bonds is 9. The molecular weight excluding hydrogens is 548 g/mol. The van der Waals surface area contributed by atoms with Crippen molar-refractivity contribution < 1.29 is 23.7 Å². The van der Waals surface area contributed by atoms with E-state index in [1.807, 2.05) is 117 Å². The predicted molar refractivity (Wildman–Crippen MR) is 165 cm³/mol. The second kappa shape index (κ2) is 12.4. The minimum Gasteiger partial charge on any atom is -0.490 e. The molecule has 0 bridgehead atoms. The molecule has 1 saturated heterocycles. The lowest BCUT2D eigenvalue weighted by Gasteiger charge is -2.24. The van der Waals surface area contributed by atoms with Crippen molar-refractivity contribution in [2.75, 3.05) is 13.4 Å². The fourth-order valence-electron chi connectivity index (χ4n) is 4.74. The minimum atomic E-state index is -0.189. The Bertz CT molecular complexity index is 1640. The van der Waals surface area contributed by atoms with E-state index in [1.165, 1.54) is 11.8 Å². The van der Waals surface area contributed by atoms with Gasteiger partial charge in [-0.3, -0.25) is 9.69 Å². The largest absolute Gasteiger partial charge is 0.490 e. The SMILES string of the molecule is CCOc1cc(/C=C2/SC(=Nc3ccccc3)N([C@H](C)c3ccccc3)C2=O)ccc1OCc1ccc2c(c1)OCO2. The van der Waals surface area contributed by atoms with E-state index < -0.39 is 0 Å². The number of hydrogen-bond donors (Lipinski definition) is 0. The predicted octanol–water partition coefficient (Wildman–Crippen LogP) is 7.76. The third-order valence-corrected chi connectivity index (χ3v) is 7.87. The summed E-state index contributed by atoms with van der Waals surface area (Å²) in [6.07, 6.45) is 1.88. The summed E-state index contributed by atoms with van der Waals surface area (Å²) in [4.78, 5) is 21.0. The van der Waals surface area contributed by atoms with E-state index in [0.29, 0.717) is 40.5 Å². The molecule has 2 aliphatic heterocycles. The lowest BCUT2D eigenvalue weighted by molar-refractivity contribution is -0.123. The van der Waals surface area contributed by atoms with Crippen molar-refractivity contribution in [1.82, 2.24) is 4.90 Å². The van der Waals surface area contributed by atoms with Gasteiger partial charge in [0.25, 0.3) is 5.91 Å². The van der Waals surface area contributed by atoms with Crippen molar-refractivity contribution in [2.45, 2.75) is 26.5 Å². The Hall–Kier alpha value is -4.69. The van der Waals surface area contributed by atoms with Gasteiger partial charge in [-0.15, -0.1) is 0 Å². The highest BCUT2D eigenvalue weighted by Crippen LogP contribution is 2.40. The van der Waals surface area contributed by atoms with Crippen LogP contribution in [0.25, 0.3) is 6.08 Å². The van der Waals surface area contributed by atoms with Crippen LogP contribution in [0.1, 0.15) is 36.6 Å². The van der Waals surface area contributed by atoms with Gasteiger partial charge in [0.05, 0.1) is 23.2 Å². The molecule has 1 amide bonds. The number of aliphatic imine (C=N–C) groups is 1. The Labute approximate surface area is 249 Å². The molecule has 0 N–H and O–H groups in total. The molecule has 0 unspecified atom stereocenters. The maximum atomic E-state index is 13.8. The lowest BCUT2D eigenvalue weighted by atomic mass is 10.1. The van der Waals surface area contributed by atoms with E-state index >= 15 is 0 Å². The molecule has 4 aromatic rings. The maximum absolute atomic E-state index is 13.8. The number of carbonyl (C=O) groups excluding carboxylic acids is 1. The van der Waals surface area contributed by atoms with Crippen molar-refractivity contribution in [1.29, 1.82) is 0 Å². The zero-order valence-corrected chi connectivity index (χ0v) is 24.2. The Morgan fingerprint density at radius 3 is 2.45 bits per heavy atom. The highest BCUT2D eigenvalue weighted by molar-refractivity contribution is 8.18. The first-order valence-electron chi connectivity index (χ1n) is 13.8. The summed E-state index contributed by atoms with van der Waals surface area (Å²) in [7, 11) is 0. The van der Waals surface area contributed by atoms with Crippen molar-refractivity contribution in [3.05, 3.63) is 119 Å². The molecule has 4 aromatic carbocycles. The van der Waals surface area contributed by atoms with Gasteiger partial charge in [-0.1, -0.05) is 60.7 Å². The number of ether oxygens (including phenoxy) is 4. The summed E-state index contributed by atoms with van der Waals surface area (Å²) in [5, 5.41) is 0.641. The number of para-hydroxylation sites is 1. The summed E-state index contributed by atoms with van der Waals surface area (Å²) in [6, 6.07) is 30.9. The summed E-state index contributed by atoms with van der Waals surface area (Å²) >= 11 is 1.37. The van der Waals surface area contributed by atoms with Gasteiger partial charge in [-0.25, -0.2) is 4.99 Å². The Morgan fingerprint density at radius 1 is 0.905 bits per heavy atom. The quantitative estimate of drug-likeness (QED) is 0.189. The van der Waals surface area contributed by atoms with E-state index in [2.05, 4.69) is 0 Å². The van der Waals surface area contributed by atoms with Gasteiger partial charge in [0.15, 0.2) is 28.2 Å². The fraction of sp³-hybridized carbons (Fsp3) is 0.176. The summed E-state index contributed by atoms with van der Waals surface area (Å²) in [5.74, 6) is 2.59. The number of amidine groups is 1. The monoisotopic (exact) mass is 578 g/mol. The first-order chi connectivity index (χ1) is 20.6. The van der Waals surface area contributed by atoms with Crippen molar-refractivity contribution in [3.8, 4) is 23.0 Å². The highest BCUT2D eigenvalue weighted by atomic mass is 32.2. The summed E-state index contributed by atoms with van der Waals surface area (Å²) in [5.41, 5.74) is 3.62. The Morgan fingerprint density at radius 2 is 1.67 bits per heavy atom. The minimum absolute atomic E-state index is 0.0906. The van der Waals surface area contributed by atoms with Gasteiger partial charge < -0.3 is 18.9 Å². The molecule has 0 saturated carbocycles. The number of benzene rings is 4. The number of amides is 1. The summed E-state index contributed by atoms with van der Waals surface area (Å²) < 4.78 is 22.9. The molecular formula is C34H30N2O5S. The Kier molecular flexibility index (Phi) is 8.14. The van der Waals surface area contributed by atoms with Crippen LogP contribution in [0.15, 0.2) is 107 Å². The van der Waals surface area contributed by atoms with Crippen LogP contribution >= 0.6 is 11.8 Å². The van der Waals surface area contributed by atoms with Gasteiger partial charge in [0.1, 0.15) is 6.61 Å². The van der Waals surface area contributed by atoms with E-state index in [9.17, 15) is 4.79 Å². The third kappa shape index (κ3) is 5.99. The van der Waals surface area contributed by atoms with E-state index in [-0.39, 0.29) is 18.7 Å². The molecule has 2 heterocycles. The number of carbonyl (C=O) groups is 1. The first-order valence-corrected chi connectivity index (χ1v) is 14.6. The molecule has 6 rings (SSSR count). The van der Waals surface area contributed by atoms with Crippen LogP contribution < -0.4 is 18.9 Å². The molecule has 0 radical (unpaired) electrons. The molecule has 7 nitrogen and oxygen atoms in total. The fourth-order valence-corrected chi connectivity index (χ4v) is 5.81. The number of fused-ring (bicyclic) bond motifs is 1. The van der Waals surface area contributed by atoms with Crippen LogP contribution in [0.2, 0.25) is 0 Å². The highest BCUT2D eigenvalue weighted by Gasteiger charge is 2.37. The average Bonchev–Trinajstić information content (AvgIpc) is 3.61. The van der Waals surface area contributed by atoms with E-state index in [0.717, 1.165) is 28.1 Å². The second-order valence-electron chi connectivity index (χ2n) is 9.72. The van der Waals surface area contributed by atoms with Crippen molar-refractivity contribution in [2.24, 2.45) is 4.99 Å². The lowest BCUT2D eigenvalue weighted by Crippen LogP contribution is -2.32. The van der Waals surface area contributed by atoms with Gasteiger partial charge in [0, 0.05) is 0 Å². The van der Waals surface area contributed by atoms with Crippen LogP contribution in [-0.4, -0.2) is 29.4 Å². The maximum Gasteiger partial charge on any atom is 0.267 e. The normalized spacial score (nSPS) is 16.7. The smallest absolute Gasteiger partial charge is 0.267 e. The Balaban J connectivity index is 1.27. The topological polar surface area (TPSA) is 69.6 Å². The van der Waals surface area contributed by atoms with Crippen LogP contribution in [0, 0.1) is 0 Å². The average molecular weight is 579 g/mol. The van der Waals surface area contributed by atoms with Crippen molar-refractivity contribution >= 4 is 34.6 Å². The second-order valence-corrected chi connectivity index (χ2v) is 10.7. The molecule has 1 fully saturated rings.